The van der Waals surface area contributed by atoms with Crippen molar-refractivity contribution in [3.8, 4) is 29.1 Å². The number of aliphatic hydroxyl groups excluding tert-OH is 2. The minimum absolute atomic E-state index is 0.0741. The molecular formula is C38H41NO13. The van der Waals surface area contributed by atoms with Gasteiger partial charge in [0.15, 0.2) is 17.9 Å². The van der Waals surface area contributed by atoms with Crippen LogP contribution in [0.5, 0.6) is 17.2 Å². The van der Waals surface area contributed by atoms with Crippen LogP contribution >= 0.6 is 0 Å². The molecule has 14 heteroatoms. The van der Waals surface area contributed by atoms with Gasteiger partial charge < -0.3 is 49.8 Å². The number of ketones is 3. The number of amides is 1. The highest BCUT2D eigenvalue weighted by atomic mass is 16.7. The van der Waals surface area contributed by atoms with Crippen LogP contribution < -0.4 is 10.1 Å². The smallest absolute Gasteiger partial charge is 0.407 e. The number of nitrogens with one attached hydrogen (secondary N) is 1. The number of carbonyl (C=O) groups is 4. The van der Waals surface area contributed by atoms with Gasteiger partial charge in [-0.05, 0) is 43.6 Å². The van der Waals surface area contributed by atoms with Crippen LogP contribution in [0.3, 0.4) is 0 Å². The summed E-state index contributed by atoms with van der Waals surface area (Å²) in [7, 11) is 1.32. The molecule has 4 aliphatic carbocycles. The Hall–Kier alpha value is -4.52. The zero-order valence-electron chi connectivity index (χ0n) is 28.7. The van der Waals surface area contributed by atoms with E-state index in [1.807, 2.05) is 0 Å². The van der Waals surface area contributed by atoms with Gasteiger partial charge in [-0.3, -0.25) is 14.4 Å². The summed E-state index contributed by atoms with van der Waals surface area (Å²) < 4.78 is 23.0. The SMILES string of the molecule is COc1cccc2c1C(=O)c1c(O)c3c(c(O)c1C2=O)C[C@@](O)(C(=O)CO)C[C@@H]3O[C@H]1C[C@H](NC(=O)OCC2[C@H]3CCC#CCC[C@@H]23)[C@H](O)[C@H](C)O1. The second-order valence-corrected chi connectivity index (χ2v) is 14.3. The molecule has 1 unspecified atom stereocenters. The molecule has 0 aromatic heterocycles. The summed E-state index contributed by atoms with van der Waals surface area (Å²) in [5.74, 6) is 3.52. The fourth-order valence-electron chi connectivity index (χ4n) is 8.51. The van der Waals surface area contributed by atoms with Crippen LogP contribution in [0.15, 0.2) is 18.2 Å². The van der Waals surface area contributed by atoms with Crippen LogP contribution in [0.4, 0.5) is 4.79 Å². The lowest BCUT2D eigenvalue weighted by molar-refractivity contribution is -0.249. The largest absolute Gasteiger partial charge is 0.507 e. The summed E-state index contributed by atoms with van der Waals surface area (Å²) in [4.78, 5) is 53.5. The van der Waals surface area contributed by atoms with Crippen molar-refractivity contribution >= 4 is 23.4 Å². The first-order valence-corrected chi connectivity index (χ1v) is 17.5. The van der Waals surface area contributed by atoms with Gasteiger partial charge in [0.2, 0.25) is 5.78 Å². The number of phenols is 2. The van der Waals surface area contributed by atoms with Gasteiger partial charge in [-0.15, -0.1) is 11.8 Å². The fraction of sp³-hybridized carbons (Fsp3) is 0.526. The molecule has 52 heavy (non-hydrogen) atoms. The number of benzene rings is 2. The molecule has 0 bridgehead atoms. The molecule has 14 nitrogen and oxygen atoms in total. The Morgan fingerprint density at radius 1 is 1.04 bits per heavy atom. The zero-order chi connectivity index (χ0) is 37.1. The number of ether oxygens (including phenoxy) is 4. The van der Waals surface area contributed by atoms with Gasteiger partial charge in [0.1, 0.15) is 35.6 Å². The van der Waals surface area contributed by atoms with Crippen molar-refractivity contribution < 1.29 is 63.7 Å². The maximum absolute atomic E-state index is 13.9. The van der Waals surface area contributed by atoms with Crippen LogP contribution in [-0.4, -0.2) is 99.4 Å². The molecule has 1 saturated heterocycles. The number of aromatic hydroxyl groups is 2. The van der Waals surface area contributed by atoms with Crippen LogP contribution in [0.2, 0.25) is 0 Å². The first kappa shape index (κ1) is 35.9. The molecule has 5 aliphatic rings. The Kier molecular flexibility index (Phi) is 9.51. The molecule has 1 aliphatic heterocycles. The lowest BCUT2D eigenvalue weighted by atomic mass is 9.72. The highest BCUT2D eigenvalue weighted by Gasteiger charge is 2.51. The van der Waals surface area contributed by atoms with Crippen molar-refractivity contribution in [1.29, 1.82) is 0 Å². The van der Waals surface area contributed by atoms with E-state index in [0.29, 0.717) is 11.8 Å². The van der Waals surface area contributed by atoms with Gasteiger partial charge in [0, 0.05) is 48.8 Å². The van der Waals surface area contributed by atoms with E-state index < -0.39 is 102 Å². The van der Waals surface area contributed by atoms with Crippen molar-refractivity contribution in [2.75, 3.05) is 20.3 Å². The van der Waals surface area contributed by atoms with E-state index in [0.717, 1.165) is 25.7 Å². The minimum Gasteiger partial charge on any atom is -0.507 e. The molecule has 1 saturated carbocycles. The third-order valence-corrected chi connectivity index (χ3v) is 11.3. The third kappa shape index (κ3) is 6.10. The maximum atomic E-state index is 13.9. The Morgan fingerprint density at radius 2 is 1.73 bits per heavy atom. The number of carbonyl (C=O) groups excluding carboxylic acids is 4. The molecule has 2 fully saturated rings. The average molecular weight is 720 g/mol. The maximum Gasteiger partial charge on any atom is 0.407 e. The predicted octanol–water partition coefficient (Wildman–Crippen LogP) is 2.21. The molecule has 7 rings (SSSR count). The Bertz CT molecular complexity index is 1880. The molecular weight excluding hydrogens is 678 g/mol. The number of hydrogen-bond donors (Lipinski definition) is 6. The molecule has 1 heterocycles. The third-order valence-electron chi connectivity index (χ3n) is 11.3. The standard InChI is InChI=1S/C38H41NO13/c1-17-32(42)23(39-37(47)50-16-22-18-8-5-3-4-6-9-19(18)22)12-27(51-17)52-25-14-38(48,26(41)15-40)13-21-29(25)36(46)31-30(34(21)44)33(43)20-10-7-11-24(49-2)28(20)35(31)45/h7,10-11,17-19,22-23,25,27,32,40,42,44,46,48H,5-6,8-9,12-16H2,1-2H3,(H,39,47)/t17-,18-,19+,22?,23-,25-,27-,32+,38-/m0/s1. The van der Waals surface area contributed by atoms with E-state index in [2.05, 4.69) is 17.2 Å². The number of rotatable bonds is 8. The Balaban J connectivity index is 1.15. The van der Waals surface area contributed by atoms with E-state index in [4.69, 9.17) is 18.9 Å². The van der Waals surface area contributed by atoms with Gasteiger partial charge in [0.25, 0.3) is 0 Å². The number of alkyl carbamates (subject to hydrolysis) is 1. The number of hydrogen-bond acceptors (Lipinski definition) is 13. The van der Waals surface area contributed by atoms with Crippen LogP contribution in [0.1, 0.15) is 94.5 Å². The lowest BCUT2D eigenvalue weighted by Crippen LogP contribution is -2.56. The molecule has 2 aromatic rings. The molecule has 276 valence electrons. The number of methoxy groups -OCH3 is 1. The summed E-state index contributed by atoms with van der Waals surface area (Å²) in [6.45, 7) is 0.726. The van der Waals surface area contributed by atoms with Crippen molar-refractivity contribution in [1.82, 2.24) is 5.32 Å². The number of aliphatic hydroxyl groups is 3. The topological polar surface area (TPSA) is 218 Å². The van der Waals surface area contributed by atoms with Gasteiger partial charge in [-0.25, -0.2) is 4.79 Å². The van der Waals surface area contributed by atoms with Crippen LogP contribution in [-0.2, 0) is 25.4 Å². The van der Waals surface area contributed by atoms with Crippen molar-refractivity contribution in [3.05, 3.63) is 51.6 Å². The summed E-state index contributed by atoms with van der Waals surface area (Å²) in [6, 6.07) is 3.42. The molecule has 0 spiro atoms. The van der Waals surface area contributed by atoms with E-state index in [9.17, 15) is 44.7 Å². The second-order valence-electron chi connectivity index (χ2n) is 14.3. The van der Waals surface area contributed by atoms with Gasteiger partial charge >= 0.3 is 6.09 Å². The van der Waals surface area contributed by atoms with Gasteiger partial charge in [0.05, 0.1) is 48.7 Å². The molecule has 6 N–H and O–H groups in total. The van der Waals surface area contributed by atoms with Gasteiger partial charge in [-0.2, -0.15) is 0 Å². The first-order chi connectivity index (χ1) is 24.9. The van der Waals surface area contributed by atoms with Crippen LogP contribution in [0.25, 0.3) is 0 Å². The Morgan fingerprint density at radius 3 is 2.40 bits per heavy atom. The minimum atomic E-state index is -2.32. The monoisotopic (exact) mass is 719 g/mol. The van der Waals surface area contributed by atoms with Crippen LogP contribution in [0, 0.1) is 29.6 Å². The average Bonchev–Trinajstić information content (AvgIpc) is 3.77. The fourth-order valence-corrected chi connectivity index (χ4v) is 8.51. The van der Waals surface area contributed by atoms with Crippen molar-refractivity contribution in [3.63, 3.8) is 0 Å². The zero-order valence-corrected chi connectivity index (χ0v) is 28.7. The van der Waals surface area contributed by atoms with E-state index >= 15 is 0 Å². The summed E-state index contributed by atoms with van der Waals surface area (Å²) in [5, 5.41) is 58.2. The predicted molar refractivity (Wildman–Crippen MR) is 179 cm³/mol. The second kappa shape index (κ2) is 13.8. The summed E-state index contributed by atoms with van der Waals surface area (Å²) in [5.41, 5.74) is -3.93. The number of fused-ring (bicyclic) bond motifs is 4. The molecule has 2 aromatic carbocycles. The van der Waals surface area contributed by atoms with E-state index in [1.165, 1.54) is 25.3 Å². The van der Waals surface area contributed by atoms with E-state index in [1.54, 1.807) is 6.92 Å². The molecule has 1 amide bonds. The number of phenolic OH excluding ortho intramolecular Hbond substituents is 2. The molecule has 0 radical (unpaired) electrons. The first-order valence-electron chi connectivity index (χ1n) is 17.5. The summed E-state index contributed by atoms with van der Waals surface area (Å²) >= 11 is 0. The quantitative estimate of drug-likeness (QED) is 0.146. The lowest BCUT2D eigenvalue weighted by Gasteiger charge is -2.42. The highest BCUT2D eigenvalue weighted by Crippen LogP contribution is 2.54. The van der Waals surface area contributed by atoms with Crippen molar-refractivity contribution in [2.24, 2.45) is 17.8 Å². The van der Waals surface area contributed by atoms with Gasteiger partial charge in [-0.1, -0.05) is 12.1 Å². The Labute approximate surface area is 299 Å². The van der Waals surface area contributed by atoms with Crippen molar-refractivity contribution in [2.45, 2.75) is 88.1 Å². The normalized spacial score (nSPS) is 31.6. The molecule has 9 atom stereocenters. The summed E-state index contributed by atoms with van der Waals surface area (Å²) in [6.07, 6.45) is -3.17. The highest BCUT2D eigenvalue weighted by molar-refractivity contribution is 6.31. The van der Waals surface area contributed by atoms with E-state index in [-0.39, 0.29) is 46.9 Å². The number of Topliss-reactive ketones (excluding diaryl/α,β-unsaturated/α-hetero) is 1.